The zero-order chi connectivity index (χ0) is 9.97. The van der Waals surface area contributed by atoms with E-state index in [0.29, 0.717) is 0 Å². The van der Waals surface area contributed by atoms with Crippen molar-refractivity contribution < 1.29 is 0 Å². The van der Waals surface area contributed by atoms with Gasteiger partial charge in [0.1, 0.15) is 12.5 Å². The summed E-state index contributed by atoms with van der Waals surface area (Å²) in [6.45, 7) is 2.11. The number of nitrogen functional groups attached to an aromatic ring is 1. The molecule has 2 rings (SSSR count). The van der Waals surface area contributed by atoms with E-state index in [1.165, 1.54) is 0 Å². The molecule has 0 aliphatic carbocycles. The van der Waals surface area contributed by atoms with Gasteiger partial charge in [-0.25, -0.2) is 4.99 Å². The summed E-state index contributed by atoms with van der Waals surface area (Å²) in [6, 6.07) is 7.75. The Morgan fingerprint density at radius 1 is 1.43 bits per heavy atom. The predicted octanol–water partition coefficient (Wildman–Crippen LogP) is 1.36. The lowest BCUT2D eigenvalue weighted by Crippen LogP contribution is -2.38. The van der Waals surface area contributed by atoms with Gasteiger partial charge in [0.15, 0.2) is 0 Å². The summed E-state index contributed by atoms with van der Waals surface area (Å²) in [5.74, 6) is 0. The maximum absolute atomic E-state index is 5.62. The van der Waals surface area contributed by atoms with Crippen LogP contribution in [0.5, 0.6) is 0 Å². The molecule has 0 amide bonds. The molecule has 1 aliphatic rings. The van der Waals surface area contributed by atoms with Gasteiger partial charge in [0.25, 0.3) is 0 Å². The Kier molecular flexibility index (Phi) is 2.26. The van der Waals surface area contributed by atoms with Crippen LogP contribution in [0.3, 0.4) is 0 Å². The summed E-state index contributed by atoms with van der Waals surface area (Å²) in [5, 5.41) is 2.03. The van der Waals surface area contributed by atoms with E-state index >= 15 is 0 Å². The molecular weight excluding hydrogens is 176 g/mol. The van der Waals surface area contributed by atoms with Crippen LogP contribution in [0.2, 0.25) is 0 Å². The molecule has 1 atom stereocenters. The van der Waals surface area contributed by atoms with E-state index in [1.807, 2.05) is 29.3 Å². The van der Waals surface area contributed by atoms with E-state index in [9.17, 15) is 0 Å². The fraction of sp³-hybridized carbons (Fsp3) is 0.300. The van der Waals surface area contributed by atoms with E-state index in [0.717, 1.165) is 17.8 Å². The van der Waals surface area contributed by atoms with Gasteiger partial charge in [-0.15, -0.1) is 0 Å². The predicted molar refractivity (Wildman–Crippen MR) is 59.0 cm³/mol. The summed E-state index contributed by atoms with van der Waals surface area (Å²) >= 11 is 0. The monoisotopic (exact) mass is 190 g/mol. The van der Waals surface area contributed by atoms with Gasteiger partial charge in [-0.1, -0.05) is 6.92 Å². The lowest BCUT2D eigenvalue weighted by atomic mass is 10.2. The molecule has 0 bridgehead atoms. The molecule has 1 unspecified atom stereocenters. The van der Waals surface area contributed by atoms with Crippen molar-refractivity contribution >= 4 is 17.7 Å². The smallest absolute Gasteiger partial charge is 0.141 e. The third kappa shape index (κ3) is 1.51. The highest BCUT2D eigenvalue weighted by Gasteiger charge is 2.18. The minimum absolute atomic E-state index is 0.193. The van der Waals surface area contributed by atoms with Gasteiger partial charge in [0, 0.05) is 5.69 Å². The van der Waals surface area contributed by atoms with Crippen molar-refractivity contribution in [1.82, 2.24) is 5.43 Å². The lowest BCUT2D eigenvalue weighted by Gasteiger charge is -2.23. The average molecular weight is 190 g/mol. The highest BCUT2D eigenvalue weighted by atomic mass is 15.6. The van der Waals surface area contributed by atoms with Crippen LogP contribution >= 0.6 is 0 Å². The number of nitrogens with one attached hydrogen (secondary N) is 1. The number of anilines is 2. The molecule has 0 spiro atoms. The summed E-state index contributed by atoms with van der Waals surface area (Å²) in [4.78, 5) is 4.29. The number of aliphatic imine (C=N–C) groups is 1. The minimum atomic E-state index is 0.193. The molecule has 1 aliphatic heterocycles. The molecule has 1 aromatic carbocycles. The Labute approximate surface area is 83.4 Å². The summed E-state index contributed by atoms with van der Waals surface area (Å²) < 4.78 is 0. The molecule has 0 saturated carbocycles. The third-order valence-corrected chi connectivity index (χ3v) is 2.28. The maximum Gasteiger partial charge on any atom is 0.141 e. The lowest BCUT2D eigenvalue weighted by molar-refractivity contribution is 0.616. The Morgan fingerprint density at radius 2 is 2.14 bits per heavy atom. The van der Waals surface area contributed by atoms with Crippen LogP contribution in [0.4, 0.5) is 11.4 Å². The molecule has 14 heavy (non-hydrogen) atoms. The van der Waals surface area contributed by atoms with Crippen molar-refractivity contribution in [1.29, 1.82) is 0 Å². The second-order valence-corrected chi connectivity index (χ2v) is 3.26. The molecule has 0 fully saturated rings. The molecule has 0 aromatic heterocycles. The average Bonchev–Trinajstić information content (AvgIpc) is 2.67. The van der Waals surface area contributed by atoms with Crippen molar-refractivity contribution in [3.63, 3.8) is 0 Å². The van der Waals surface area contributed by atoms with Crippen molar-refractivity contribution in [2.75, 3.05) is 10.7 Å². The Morgan fingerprint density at radius 3 is 2.79 bits per heavy atom. The Balaban J connectivity index is 2.19. The minimum Gasteiger partial charge on any atom is -0.399 e. The largest absolute Gasteiger partial charge is 0.399 e. The third-order valence-electron chi connectivity index (χ3n) is 2.28. The normalized spacial score (nSPS) is 19.8. The van der Waals surface area contributed by atoms with Crippen LogP contribution in [0.15, 0.2) is 29.3 Å². The molecule has 0 saturated heterocycles. The van der Waals surface area contributed by atoms with E-state index in [-0.39, 0.29) is 6.17 Å². The van der Waals surface area contributed by atoms with Gasteiger partial charge in [-0.05, 0) is 30.7 Å². The van der Waals surface area contributed by atoms with Gasteiger partial charge in [-0.3, -0.25) is 10.4 Å². The summed E-state index contributed by atoms with van der Waals surface area (Å²) in [6.07, 6.45) is 2.90. The number of nitrogens with two attached hydrogens (primary N) is 1. The number of benzene rings is 1. The summed E-state index contributed by atoms with van der Waals surface area (Å²) in [7, 11) is 0. The van der Waals surface area contributed by atoms with Gasteiger partial charge >= 0.3 is 0 Å². The number of rotatable bonds is 2. The zero-order valence-corrected chi connectivity index (χ0v) is 8.14. The van der Waals surface area contributed by atoms with Gasteiger partial charge in [0.05, 0.1) is 5.69 Å². The molecule has 4 heteroatoms. The highest BCUT2D eigenvalue weighted by molar-refractivity contribution is 5.65. The first-order valence-corrected chi connectivity index (χ1v) is 4.74. The number of hydrogen-bond acceptors (Lipinski definition) is 4. The highest BCUT2D eigenvalue weighted by Crippen LogP contribution is 2.20. The van der Waals surface area contributed by atoms with E-state index in [1.54, 1.807) is 6.34 Å². The topological polar surface area (TPSA) is 53.7 Å². The number of hydrogen-bond donors (Lipinski definition) is 2. The fourth-order valence-corrected chi connectivity index (χ4v) is 1.50. The maximum atomic E-state index is 5.62. The van der Waals surface area contributed by atoms with Crippen LogP contribution in [0.1, 0.15) is 13.3 Å². The van der Waals surface area contributed by atoms with Crippen LogP contribution in [-0.4, -0.2) is 12.5 Å². The molecular formula is C10H14N4. The first-order chi connectivity index (χ1) is 6.81. The second-order valence-electron chi connectivity index (χ2n) is 3.26. The van der Waals surface area contributed by atoms with Crippen LogP contribution in [-0.2, 0) is 0 Å². The first kappa shape index (κ1) is 8.87. The van der Waals surface area contributed by atoms with Gasteiger partial charge in [0.2, 0.25) is 0 Å². The van der Waals surface area contributed by atoms with E-state index < -0.39 is 0 Å². The molecule has 74 valence electrons. The Bertz CT molecular complexity index is 330. The fourth-order valence-electron chi connectivity index (χ4n) is 1.50. The van der Waals surface area contributed by atoms with Gasteiger partial charge < -0.3 is 5.73 Å². The quantitative estimate of drug-likeness (QED) is 0.692. The van der Waals surface area contributed by atoms with Crippen LogP contribution < -0.4 is 16.2 Å². The number of hydrazine groups is 1. The molecule has 4 nitrogen and oxygen atoms in total. The van der Waals surface area contributed by atoms with Crippen molar-refractivity contribution in [3.05, 3.63) is 24.3 Å². The first-order valence-electron chi connectivity index (χ1n) is 4.74. The van der Waals surface area contributed by atoms with Crippen molar-refractivity contribution in [2.24, 2.45) is 4.99 Å². The van der Waals surface area contributed by atoms with Gasteiger partial charge in [-0.2, -0.15) is 0 Å². The molecule has 3 N–H and O–H groups in total. The number of nitrogens with zero attached hydrogens (tertiary/aromatic N) is 2. The molecule has 1 heterocycles. The summed E-state index contributed by atoms with van der Waals surface area (Å²) in [5.41, 5.74) is 10.6. The van der Waals surface area contributed by atoms with Crippen LogP contribution in [0.25, 0.3) is 0 Å². The zero-order valence-electron chi connectivity index (χ0n) is 8.14. The van der Waals surface area contributed by atoms with E-state index in [4.69, 9.17) is 5.73 Å². The SMILES string of the molecule is CCC1N=CNN1c1ccc(N)cc1. The van der Waals surface area contributed by atoms with Crippen molar-refractivity contribution in [2.45, 2.75) is 19.5 Å². The molecule has 1 aromatic rings. The van der Waals surface area contributed by atoms with Crippen molar-refractivity contribution in [3.8, 4) is 0 Å². The second kappa shape index (κ2) is 3.57. The van der Waals surface area contributed by atoms with E-state index in [2.05, 4.69) is 17.3 Å². The Hall–Kier alpha value is -1.71. The molecule has 0 radical (unpaired) electrons. The standard InChI is InChI=1S/C10H14N4/c1-2-10-12-7-13-14(10)9-5-3-8(11)4-6-9/h3-7,10H,2,11H2,1H3,(H,12,13). The van der Waals surface area contributed by atoms with Crippen LogP contribution in [0, 0.1) is 0 Å².